The van der Waals surface area contributed by atoms with E-state index in [1.807, 2.05) is 23.5 Å². The number of halogens is 2. The molecule has 2 aromatic carbocycles. The number of anilines is 1. The molecule has 0 radical (unpaired) electrons. The lowest BCUT2D eigenvalue weighted by Gasteiger charge is -2.12. The molecule has 1 atom stereocenters. The van der Waals surface area contributed by atoms with Crippen molar-refractivity contribution >= 4 is 29.5 Å². The quantitative estimate of drug-likeness (QED) is 0.564. The van der Waals surface area contributed by atoms with E-state index in [1.54, 1.807) is 18.2 Å². The summed E-state index contributed by atoms with van der Waals surface area (Å²) in [6, 6.07) is 11.2. The number of hydrogen-bond acceptors (Lipinski definition) is 4. The van der Waals surface area contributed by atoms with Gasteiger partial charge >= 0.3 is 5.97 Å². The first kappa shape index (κ1) is 20.8. The van der Waals surface area contributed by atoms with Crippen molar-refractivity contribution in [1.29, 1.82) is 0 Å². The van der Waals surface area contributed by atoms with Crippen molar-refractivity contribution < 1.29 is 27.9 Å². The molecular weight excluding hydrogens is 370 g/mol. The van der Waals surface area contributed by atoms with Crippen LogP contribution in [0.25, 0.3) is 6.08 Å². The van der Waals surface area contributed by atoms with Crippen molar-refractivity contribution in [2.45, 2.75) is 13.0 Å². The Kier molecular flexibility index (Phi) is 7.38. The lowest BCUT2D eigenvalue weighted by Crippen LogP contribution is -2.39. The van der Waals surface area contributed by atoms with E-state index in [1.165, 1.54) is 13.0 Å². The van der Waals surface area contributed by atoms with E-state index < -0.39 is 47.8 Å². The fraction of sp³-hybridized carbons (Fsp3) is 0.150. The zero-order chi connectivity index (χ0) is 20.5. The fourth-order valence-corrected chi connectivity index (χ4v) is 2.11. The highest BCUT2D eigenvalue weighted by atomic mass is 19.1. The van der Waals surface area contributed by atoms with Crippen molar-refractivity contribution in [2.75, 3.05) is 11.9 Å². The molecule has 2 amide bonds. The summed E-state index contributed by atoms with van der Waals surface area (Å²) in [5.41, 5.74) is 0.181. The van der Waals surface area contributed by atoms with Gasteiger partial charge in [0.15, 0.2) is 6.61 Å². The minimum absolute atomic E-state index is 0.522. The first-order valence-corrected chi connectivity index (χ1v) is 8.31. The second-order valence-electron chi connectivity index (χ2n) is 5.73. The molecule has 0 aliphatic heterocycles. The molecule has 0 heterocycles. The predicted molar refractivity (Wildman–Crippen MR) is 99.0 cm³/mol. The predicted octanol–water partition coefficient (Wildman–Crippen LogP) is 2.66. The number of ether oxygens (including phenoxy) is 1. The van der Waals surface area contributed by atoms with E-state index >= 15 is 0 Å². The van der Waals surface area contributed by atoms with Gasteiger partial charge in [0, 0.05) is 6.08 Å². The largest absolute Gasteiger partial charge is 0.454 e. The number of para-hydroxylation sites is 1. The summed E-state index contributed by atoms with van der Waals surface area (Å²) in [4.78, 5) is 35.4. The molecule has 2 aromatic rings. The van der Waals surface area contributed by atoms with E-state index in [2.05, 4.69) is 5.32 Å². The maximum atomic E-state index is 13.5. The fourth-order valence-electron chi connectivity index (χ4n) is 2.11. The number of carbonyl (C=O) groups excluding carboxylic acids is 3. The molecule has 2 rings (SSSR count). The van der Waals surface area contributed by atoms with E-state index in [4.69, 9.17) is 4.74 Å². The van der Waals surface area contributed by atoms with Crippen LogP contribution >= 0.6 is 0 Å². The van der Waals surface area contributed by atoms with Gasteiger partial charge in [-0.25, -0.2) is 13.6 Å². The van der Waals surface area contributed by atoms with Gasteiger partial charge in [-0.2, -0.15) is 0 Å². The summed E-state index contributed by atoms with van der Waals surface area (Å²) in [6.07, 6.45) is 2.83. The number of amides is 2. The van der Waals surface area contributed by atoms with Crippen LogP contribution in [0.1, 0.15) is 12.5 Å². The normalized spacial score (nSPS) is 11.7. The summed E-state index contributed by atoms with van der Waals surface area (Å²) >= 11 is 0. The summed E-state index contributed by atoms with van der Waals surface area (Å²) in [7, 11) is 0. The van der Waals surface area contributed by atoms with Gasteiger partial charge in [-0.15, -0.1) is 0 Å². The van der Waals surface area contributed by atoms with Crippen LogP contribution in [0.5, 0.6) is 0 Å². The molecule has 6 nitrogen and oxygen atoms in total. The Balaban J connectivity index is 1.79. The Bertz CT molecular complexity index is 865. The Morgan fingerprint density at radius 2 is 1.68 bits per heavy atom. The topological polar surface area (TPSA) is 84.5 Å². The molecule has 0 aliphatic carbocycles. The van der Waals surface area contributed by atoms with Gasteiger partial charge in [0.1, 0.15) is 23.4 Å². The van der Waals surface area contributed by atoms with Crippen molar-refractivity contribution in [3.63, 3.8) is 0 Å². The lowest BCUT2D eigenvalue weighted by atomic mass is 10.2. The third-order valence-corrected chi connectivity index (χ3v) is 3.51. The molecule has 0 fully saturated rings. The molecule has 2 N–H and O–H groups in total. The minimum Gasteiger partial charge on any atom is -0.454 e. The number of hydrogen-bond donors (Lipinski definition) is 2. The molecule has 0 saturated heterocycles. The molecular formula is C20H18F2N2O4. The van der Waals surface area contributed by atoms with Gasteiger partial charge in [-0.1, -0.05) is 36.4 Å². The van der Waals surface area contributed by atoms with Crippen LogP contribution in [0, 0.1) is 11.6 Å². The number of carbonyl (C=O) groups is 3. The number of rotatable bonds is 7. The highest BCUT2D eigenvalue weighted by Gasteiger charge is 2.18. The lowest BCUT2D eigenvalue weighted by molar-refractivity contribution is -0.149. The van der Waals surface area contributed by atoms with Crippen LogP contribution in [0.3, 0.4) is 0 Å². The first-order valence-electron chi connectivity index (χ1n) is 8.31. The summed E-state index contributed by atoms with van der Waals surface area (Å²) in [6.45, 7) is 0.623. The van der Waals surface area contributed by atoms with E-state index in [-0.39, 0.29) is 0 Å². The van der Waals surface area contributed by atoms with Crippen LogP contribution in [0.15, 0.2) is 54.6 Å². The van der Waals surface area contributed by atoms with Crippen LogP contribution < -0.4 is 10.6 Å². The molecule has 0 bridgehead atoms. The van der Waals surface area contributed by atoms with Crippen LogP contribution in [-0.2, 0) is 19.1 Å². The van der Waals surface area contributed by atoms with Gasteiger partial charge in [-0.3, -0.25) is 9.59 Å². The van der Waals surface area contributed by atoms with Gasteiger partial charge in [0.25, 0.3) is 5.91 Å². The molecule has 0 unspecified atom stereocenters. The molecule has 0 aliphatic rings. The van der Waals surface area contributed by atoms with Crippen LogP contribution in [0.2, 0.25) is 0 Å². The molecule has 0 spiro atoms. The molecule has 28 heavy (non-hydrogen) atoms. The van der Waals surface area contributed by atoms with E-state index in [0.29, 0.717) is 0 Å². The first-order chi connectivity index (χ1) is 13.4. The van der Waals surface area contributed by atoms with Crippen molar-refractivity contribution in [3.05, 3.63) is 71.8 Å². The monoisotopic (exact) mass is 388 g/mol. The third kappa shape index (κ3) is 6.31. The zero-order valence-corrected chi connectivity index (χ0v) is 14.9. The molecule has 0 aromatic heterocycles. The molecule has 0 saturated carbocycles. The highest BCUT2D eigenvalue weighted by Crippen LogP contribution is 2.17. The van der Waals surface area contributed by atoms with Crippen LogP contribution in [0.4, 0.5) is 14.5 Å². The highest BCUT2D eigenvalue weighted by molar-refractivity contribution is 5.96. The minimum atomic E-state index is -1.02. The van der Waals surface area contributed by atoms with Crippen molar-refractivity contribution in [2.24, 2.45) is 0 Å². The van der Waals surface area contributed by atoms with Gasteiger partial charge < -0.3 is 15.4 Å². The Labute approximate surface area is 160 Å². The maximum absolute atomic E-state index is 13.5. The van der Waals surface area contributed by atoms with Gasteiger partial charge in [0.05, 0.1) is 0 Å². The Morgan fingerprint density at radius 1 is 1.04 bits per heavy atom. The standard InChI is InChI=1S/C20H18F2N2O4/c1-13(23-17(25)11-10-14-6-3-2-4-7-14)20(27)28-12-18(26)24-19-15(21)8-5-9-16(19)22/h2-11,13H,12H2,1H3,(H,23,25)(H,24,26)/b11-10+/t13-/m0/s1. The molecule has 8 heteroatoms. The van der Waals surface area contributed by atoms with Crippen molar-refractivity contribution in [1.82, 2.24) is 5.32 Å². The van der Waals surface area contributed by atoms with Crippen LogP contribution in [-0.4, -0.2) is 30.4 Å². The SMILES string of the molecule is C[C@H](NC(=O)/C=C/c1ccccc1)C(=O)OCC(=O)Nc1c(F)cccc1F. The second kappa shape index (κ2) is 9.96. The van der Waals surface area contributed by atoms with Gasteiger partial charge in [-0.05, 0) is 30.7 Å². The molecule has 146 valence electrons. The third-order valence-electron chi connectivity index (χ3n) is 3.51. The maximum Gasteiger partial charge on any atom is 0.328 e. The average molecular weight is 388 g/mol. The Morgan fingerprint density at radius 3 is 2.32 bits per heavy atom. The van der Waals surface area contributed by atoms with Crippen molar-refractivity contribution in [3.8, 4) is 0 Å². The number of esters is 1. The van der Waals surface area contributed by atoms with Gasteiger partial charge in [0.2, 0.25) is 5.91 Å². The smallest absolute Gasteiger partial charge is 0.328 e. The zero-order valence-electron chi connectivity index (χ0n) is 14.9. The van der Waals surface area contributed by atoms with E-state index in [9.17, 15) is 23.2 Å². The summed E-state index contributed by atoms with van der Waals surface area (Å²) in [5.74, 6) is -4.22. The summed E-state index contributed by atoms with van der Waals surface area (Å²) < 4.78 is 31.7. The average Bonchev–Trinajstić information content (AvgIpc) is 2.68. The summed E-state index contributed by atoms with van der Waals surface area (Å²) in [5, 5.41) is 4.38. The Hall–Kier alpha value is -3.55. The number of benzene rings is 2. The number of nitrogens with one attached hydrogen (secondary N) is 2. The van der Waals surface area contributed by atoms with E-state index in [0.717, 1.165) is 23.8 Å². The second-order valence-corrected chi connectivity index (χ2v) is 5.73.